The number of aliphatic imine (C=N–C) groups is 1. The Hall–Kier alpha value is -1.03. The Morgan fingerprint density at radius 1 is 1.50 bits per heavy atom. The van der Waals surface area contributed by atoms with Gasteiger partial charge in [-0.3, -0.25) is 4.99 Å². The molecule has 1 fully saturated rings. The van der Waals surface area contributed by atoms with E-state index in [1.165, 1.54) is 6.42 Å². The van der Waals surface area contributed by atoms with Crippen LogP contribution in [0.1, 0.15) is 20.3 Å². The van der Waals surface area contributed by atoms with Crippen molar-refractivity contribution in [2.24, 2.45) is 4.99 Å². The molecule has 2 aliphatic rings. The molecule has 0 aliphatic carbocycles. The Morgan fingerprint density at radius 3 is 3.00 bits per heavy atom. The smallest absolute Gasteiger partial charge is 0.102 e. The molecule has 0 aromatic rings. The summed E-state index contributed by atoms with van der Waals surface area (Å²) in [6.07, 6.45) is 5.06. The SMILES string of the molecule is CC1C=C(N[C@H]2CN[C@@H](C)C2)NC=N1. The Kier molecular flexibility index (Phi) is 2.72. The average Bonchev–Trinajstić information content (AvgIpc) is 2.51. The van der Waals surface area contributed by atoms with Gasteiger partial charge in [-0.25, -0.2) is 0 Å². The zero-order valence-corrected chi connectivity index (χ0v) is 8.75. The Morgan fingerprint density at radius 2 is 2.36 bits per heavy atom. The Bertz CT molecular complexity index is 259. The Labute approximate surface area is 84.9 Å². The van der Waals surface area contributed by atoms with Gasteiger partial charge < -0.3 is 16.0 Å². The maximum atomic E-state index is 4.20. The van der Waals surface area contributed by atoms with E-state index in [2.05, 4.69) is 40.9 Å². The Balaban J connectivity index is 1.86. The van der Waals surface area contributed by atoms with E-state index < -0.39 is 0 Å². The highest BCUT2D eigenvalue weighted by atomic mass is 15.2. The van der Waals surface area contributed by atoms with E-state index >= 15 is 0 Å². The molecule has 2 aliphatic heterocycles. The summed E-state index contributed by atoms with van der Waals surface area (Å²) >= 11 is 0. The molecule has 0 spiro atoms. The molecule has 3 atom stereocenters. The third-order valence-corrected chi connectivity index (χ3v) is 2.65. The maximum Gasteiger partial charge on any atom is 0.102 e. The fraction of sp³-hybridized carbons (Fsp3) is 0.700. The first-order valence-electron chi connectivity index (χ1n) is 5.24. The van der Waals surface area contributed by atoms with Crippen LogP contribution in [0.3, 0.4) is 0 Å². The van der Waals surface area contributed by atoms with Gasteiger partial charge in [-0.2, -0.15) is 0 Å². The van der Waals surface area contributed by atoms with Crippen molar-refractivity contribution >= 4 is 6.34 Å². The molecule has 0 saturated carbocycles. The predicted molar refractivity (Wildman–Crippen MR) is 58.2 cm³/mol. The van der Waals surface area contributed by atoms with E-state index in [1.807, 2.05) is 0 Å². The van der Waals surface area contributed by atoms with Crippen molar-refractivity contribution < 1.29 is 0 Å². The average molecular weight is 194 g/mol. The summed E-state index contributed by atoms with van der Waals surface area (Å²) in [6, 6.07) is 1.45. The van der Waals surface area contributed by atoms with E-state index in [4.69, 9.17) is 0 Å². The van der Waals surface area contributed by atoms with Crippen molar-refractivity contribution in [2.45, 2.75) is 38.4 Å². The second-order valence-corrected chi connectivity index (χ2v) is 4.13. The van der Waals surface area contributed by atoms with E-state index in [1.54, 1.807) is 6.34 Å². The number of rotatable bonds is 2. The van der Waals surface area contributed by atoms with Crippen LogP contribution in [0.2, 0.25) is 0 Å². The topological polar surface area (TPSA) is 48.4 Å². The van der Waals surface area contributed by atoms with Gasteiger partial charge in [0.05, 0.1) is 12.4 Å². The van der Waals surface area contributed by atoms with Crippen molar-refractivity contribution in [2.75, 3.05) is 6.54 Å². The lowest BCUT2D eigenvalue weighted by Crippen LogP contribution is -2.37. The molecule has 3 N–H and O–H groups in total. The first kappa shape index (κ1) is 9.52. The van der Waals surface area contributed by atoms with Gasteiger partial charge in [0.2, 0.25) is 0 Å². The van der Waals surface area contributed by atoms with E-state index in [9.17, 15) is 0 Å². The lowest BCUT2D eigenvalue weighted by molar-refractivity contribution is 0.578. The molecule has 2 heterocycles. The predicted octanol–water partition coefficient (Wildman–Crippen LogP) is 0.188. The number of nitrogens with zero attached hydrogens (tertiary/aromatic N) is 1. The van der Waals surface area contributed by atoms with Gasteiger partial charge >= 0.3 is 0 Å². The van der Waals surface area contributed by atoms with Gasteiger partial charge in [0.25, 0.3) is 0 Å². The minimum atomic E-state index is 0.283. The summed E-state index contributed by atoms with van der Waals surface area (Å²) < 4.78 is 0. The monoisotopic (exact) mass is 194 g/mol. The van der Waals surface area contributed by atoms with Crippen molar-refractivity contribution in [3.63, 3.8) is 0 Å². The van der Waals surface area contributed by atoms with E-state index in [-0.39, 0.29) is 6.04 Å². The molecule has 0 bridgehead atoms. The summed E-state index contributed by atoms with van der Waals surface area (Å²) in [5.74, 6) is 1.09. The van der Waals surface area contributed by atoms with Gasteiger partial charge in [0.15, 0.2) is 0 Å². The first-order valence-corrected chi connectivity index (χ1v) is 5.24. The van der Waals surface area contributed by atoms with Crippen molar-refractivity contribution in [1.82, 2.24) is 16.0 Å². The normalized spacial score (nSPS) is 36.4. The molecule has 0 radical (unpaired) electrons. The molecule has 1 unspecified atom stereocenters. The number of hydrogen-bond acceptors (Lipinski definition) is 4. The lowest BCUT2D eigenvalue weighted by atomic mass is 10.2. The molecule has 4 nitrogen and oxygen atoms in total. The minimum Gasteiger partial charge on any atom is -0.368 e. The van der Waals surface area contributed by atoms with Crippen LogP contribution in [0.25, 0.3) is 0 Å². The molecule has 0 amide bonds. The third kappa shape index (κ3) is 2.26. The molecule has 4 heteroatoms. The van der Waals surface area contributed by atoms with Crippen LogP contribution in [-0.2, 0) is 0 Å². The van der Waals surface area contributed by atoms with Crippen LogP contribution in [-0.4, -0.2) is 31.0 Å². The first-order chi connectivity index (χ1) is 6.74. The molecule has 78 valence electrons. The van der Waals surface area contributed by atoms with Crippen LogP contribution >= 0.6 is 0 Å². The molecular formula is C10H18N4. The second kappa shape index (κ2) is 4.00. The van der Waals surface area contributed by atoms with Crippen LogP contribution in [0, 0.1) is 0 Å². The number of nitrogens with one attached hydrogen (secondary N) is 3. The zero-order valence-electron chi connectivity index (χ0n) is 8.75. The molecule has 2 rings (SSSR count). The highest BCUT2D eigenvalue weighted by Gasteiger charge is 2.21. The summed E-state index contributed by atoms with van der Waals surface area (Å²) in [6.45, 7) is 5.34. The summed E-state index contributed by atoms with van der Waals surface area (Å²) in [5.41, 5.74) is 0. The summed E-state index contributed by atoms with van der Waals surface area (Å²) in [4.78, 5) is 4.20. The van der Waals surface area contributed by atoms with Crippen LogP contribution < -0.4 is 16.0 Å². The molecule has 0 aromatic heterocycles. The highest BCUT2D eigenvalue weighted by Crippen LogP contribution is 2.08. The van der Waals surface area contributed by atoms with Crippen molar-refractivity contribution in [3.05, 3.63) is 11.9 Å². The van der Waals surface area contributed by atoms with Crippen LogP contribution in [0.4, 0.5) is 0 Å². The fourth-order valence-electron chi connectivity index (χ4n) is 1.91. The van der Waals surface area contributed by atoms with Gasteiger partial charge in [-0.15, -0.1) is 0 Å². The standard InChI is InChI=1S/C10H18N4/c1-7-3-9(5-11-7)14-10-4-8(2)12-6-13-10/h4,6-9,11,14H,3,5H2,1-2H3,(H,12,13)/t7-,8?,9+/m0/s1. The van der Waals surface area contributed by atoms with Crippen LogP contribution in [0.5, 0.6) is 0 Å². The minimum absolute atomic E-state index is 0.283. The van der Waals surface area contributed by atoms with Gasteiger partial charge in [-0.1, -0.05) is 0 Å². The molecular weight excluding hydrogens is 176 g/mol. The quantitative estimate of drug-likeness (QED) is 0.588. The van der Waals surface area contributed by atoms with Gasteiger partial charge in [0, 0.05) is 18.6 Å². The zero-order chi connectivity index (χ0) is 9.97. The van der Waals surface area contributed by atoms with Gasteiger partial charge in [0.1, 0.15) is 5.82 Å². The number of hydrogen-bond donors (Lipinski definition) is 3. The largest absolute Gasteiger partial charge is 0.368 e. The molecule has 1 saturated heterocycles. The molecule has 14 heavy (non-hydrogen) atoms. The maximum absolute atomic E-state index is 4.20. The van der Waals surface area contributed by atoms with E-state index in [0.717, 1.165) is 12.4 Å². The van der Waals surface area contributed by atoms with Crippen molar-refractivity contribution in [1.29, 1.82) is 0 Å². The van der Waals surface area contributed by atoms with Gasteiger partial charge in [-0.05, 0) is 26.3 Å². The van der Waals surface area contributed by atoms with E-state index in [0.29, 0.717) is 12.1 Å². The lowest BCUT2D eigenvalue weighted by Gasteiger charge is -2.19. The third-order valence-electron chi connectivity index (χ3n) is 2.65. The highest BCUT2D eigenvalue weighted by molar-refractivity contribution is 5.59. The molecule has 0 aromatic carbocycles. The summed E-state index contributed by atoms with van der Waals surface area (Å²) in [7, 11) is 0. The van der Waals surface area contributed by atoms with Crippen LogP contribution in [0.15, 0.2) is 16.9 Å². The summed E-state index contributed by atoms with van der Waals surface area (Å²) in [5, 5.41) is 10.0. The fourth-order valence-corrected chi connectivity index (χ4v) is 1.91. The van der Waals surface area contributed by atoms with Crippen molar-refractivity contribution in [3.8, 4) is 0 Å². The second-order valence-electron chi connectivity index (χ2n) is 4.13.